The van der Waals surface area contributed by atoms with Crippen LogP contribution in [-0.2, 0) is 35.7 Å². The van der Waals surface area contributed by atoms with Crippen LogP contribution in [0.3, 0.4) is 0 Å². The van der Waals surface area contributed by atoms with Gasteiger partial charge in [0.2, 0.25) is 10.0 Å². The first-order valence-electron chi connectivity index (χ1n) is 11.6. The van der Waals surface area contributed by atoms with E-state index in [1.807, 2.05) is 6.92 Å². The highest BCUT2D eigenvalue weighted by Crippen LogP contribution is 2.25. The van der Waals surface area contributed by atoms with Crippen molar-refractivity contribution in [2.75, 3.05) is 39.2 Å². The van der Waals surface area contributed by atoms with Crippen molar-refractivity contribution >= 4 is 38.1 Å². The zero-order valence-corrected chi connectivity index (χ0v) is 22.2. The molecule has 0 aliphatic heterocycles. The number of aromatic nitrogens is 1. The van der Waals surface area contributed by atoms with Gasteiger partial charge in [-0.05, 0) is 31.9 Å². The lowest BCUT2D eigenvalue weighted by atomic mass is 10.1. The molecule has 0 bridgehead atoms. The second-order valence-corrected chi connectivity index (χ2v) is 11.3. The molecule has 1 amide bonds. The van der Waals surface area contributed by atoms with Crippen LogP contribution in [0.25, 0.3) is 0 Å². The molecule has 0 saturated heterocycles. The number of sulfonamides is 1. The molecule has 2 atom stereocenters. The quantitative estimate of drug-likeness (QED) is 0.291. The van der Waals surface area contributed by atoms with Crippen molar-refractivity contribution < 1.29 is 32.6 Å². The van der Waals surface area contributed by atoms with Crippen LogP contribution in [0.1, 0.15) is 36.6 Å². The predicted molar refractivity (Wildman–Crippen MR) is 135 cm³/mol. The summed E-state index contributed by atoms with van der Waals surface area (Å²) in [5.74, 6) is -0.541. The number of aliphatic hydroxyl groups is 1. The summed E-state index contributed by atoms with van der Waals surface area (Å²) in [4.78, 5) is 23.9. The number of nitrogens with one attached hydrogen (secondary N) is 1. The van der Waals surface area contributed by atoms with Gasteiger partial charge in [-0.1, -0.05) is 28.6 Å². The summed E-state index contributed by atoms with van der Waals surface area (Å²) in [6.07, 6.45) is 3.81. The maximum Gasteiger partial charge on any atom is 0.280 e. The molecule has 1 fully saturated rings. The number of thiazole rings is 1. The van der Waals surface area contributed by atoms with Crippen LogP contribution in [0.2, 0.25) is 0 Å². The summed E-state index contributed by atoms with van der Waals surface area (Å²) in [7, 11) is -0.825. The number of likely N-dealkylation sites (N-methyl/N-ethyl adjacent to an activating group) is 1. The lowest BCUT2D eigenvalue weighted by molar-refractivity contribution is -0.110. The number of rotatable bonds is 13. The molecule has 1 saturated carbocycles. The summed E-state index contributed by atoms with van der Waals surface area (Å²) in [5, 5.41) is 16.4. The van der Waals surface area contributed by atoms with E-state index >= 15 is 0 Å². The molecule has 1 aromatic carbocycles. The Hall–Kier alpha value is -2.42. The molecule has 2 aromatic rings. The van der Waals surface area contributed by atoms with E-state index in [0.717, 1.165) is 22.0 Å². The summed E-state index contributed by atoms with van der Waals surface area (Å²) in [5.41, 5.74) is 0.371. The van der Waals surface area contributed by atoms with Crippen LogP contribution >= 0.6 is 11.3 Å². The average molecular weight is 541 g/mol. The first-order chi connectivity index (χ1) is 17.3. The number of oxime groups is 1. The van der Waals surface area contributed by atoms with Gasteiger partial charge in [-0.25, -0.2) is 13.4 Å². The lowest BCUT2D eigenvalue weighted by Crippen LogP contribution is -2.29. The first-order valence-corrected chi connectivity index (χ1v) is 13.8. The van der Waals surface area contributed by atoms with Gasteiger partial charge in [0.15, 0.2) is 10.8 Å². The van der Waals surface area contributed by atoms with Crippen molar-refractivity contribution in [2.24, 2.45) is 5.16 Å². The number of hydrogen-bond acceptors (Lipinski definition) is 10. The number of nitrogens with zero attached hydrogens (tertiary/aromatic N) is 3. The van der Waals surface area contributed by atoms with Crippen molar-refractivity contribution in [3.05, 3.63) is 40.9 Å². The van der Waals surface area contributed by atoms with Crippen LogP contribution in [-0.4, -0.2) is 80.6 Å². The standard InChI is InChI=1S/C23H32N4O7S2/c1-4-33-17-7-8-18(13-17)34-26-21(22(29)25-23-24-14-19(35-23)15-32-3)16-5-9-20(10-6-16)36(30,31)27(2)11-12-28/h5-6,9-10,14,17-18,28H,4,7-8,11-13,15H2,1-3H3,(H,24,25,29)/t17-,18-/m1/s1. The highest BCUT2D eigenvalue weighted by atomic mass is 32.2. The summed E-state index contributed by atoms with van der Waals surface area (Å²) < 4.78 is 37.1. The molecule has 0 spiro atoms. The van der Waals surface area contributed by atoms with Crippen LogP contribution in [0, 0.1) is 0 Å². The Morgan fingerprint density at radius 1 is 1.28 bits per heavy atom. The van der Waals surface area contributed by atoms with E-state index in [0.29, 0.717) is 30.3 Å². The van der Waals surface area contributed by atoms with Crippen LogP contribution < -0.4 is 5.32 Å². The number of amides is 1. The Bertz CT molecular complexity index is 1140. The van der Waals surface area contributed by atoms with Gasteiger partial charge in [0.1, 0.15) is 6.10 Å². The molecule has 11 nitrogen and oxygen atoms in total. The highest BCUT2D eigenvalue weighted by Gasteiger charge is 2.28. The van der Waals surface area contributed by atoms with Crippen LogP contribution in [0.4, 0.5) is 5.13 Å². The maximum atomic E-state index is 13.2. The molecule has 1 aliphatic carbocycles. The van der Waals surface area contributed by atoms with E-state index in [-0.39, 0.29) is 36.0 Å². The minimum atomic E-state index is -3.78. The Labute approximate surface area is 215 Å². The second kappa shape index (κ2) is 13.2. The Balaban J connectivity index is 1.83. The molecule has 198 valence electrons. The number of benzene rings is 1. The number of aliphatic hydroxyl groups excluding tert-OH is 1. The molecule has 13 heteroatoms. The van der Waals surface area contributed by atoms with Crippen molar-refractivity contribution in [3.63, 3.8) is 0 Å². The van der Waals surface area contributed by atoms with Gasteiger partial charge in [-0.3, -0.25) is 10.1 Å². The number of methoxy groups -OCH3 is 1. The fourth-order valence-corrected chi connectivity index (χ4v) is 5.63. The number of carbonyl (C=O) groups excluding carboxylic acids is 1. The van der Waals surface area contributed by atoms with Gasteiger partial charge >= 0.3 is 0 Å². The molecule has 0 unspecified atom stereocenters. The van der Waals surface area contributed by atoms with Gasteiger partial charge in [0.05, 0.1) is 29.1 Å². The second-order valence-electron chi connectivity index (χ2n) is 8.15. The first kappa shape index (κ1) is 28.2. The zero-order valence-electron chi connectivity index (χ0n) is 20.5. The van der Waals surface area contributed by atoms with Crippen molar-refractivity contribution in [3.8, 4) is 0 Å². The SMILES string of the molecule is CCO[C@@H]1CC[C@@H](ON=C(C(=O)Nc2ncc(COC)s2)c2ccc(S(=O)(=O)N(C)CCO)cc2)C1. The average Bonchev–Trinajstić information content (AvgIpc) is 3.49. The van der Waals surface area contributed by atoms with Crippen LogP contribution in [0.15, 0.2) is 40.5 Å². The van der Waals surface area contributed by atoms with E-state index < -0.39 is 15.9 Å². The van der Waals surface area contributed by atoms with Crippen LogP contribution in [0.5, 0.6) is 0 Å². The Morgan fingerprint density at radius 2 is 2.00 bits per heavy atom. The molecule has 1 heterocycles. The largest absolute Gasteiger partial charge is 0.395 e. The number of hydrogen-bond donors (Lipinski definition) is 2. The fraction of sp³-hybridized carbons (Fsp3) is 0.522. The van der Waals surface area contributed by atoms with Gasteiger partial charge < -0.3 is 19.4 Å². The van der Waals surface area contributed by atoms with E-state index in [1.54, 1.807) is 13.3 Å². The molecule has 2 N–H and O–H groups in total. The van der Waals surface area contributed by atoms with Crippen molar-refractivity contribution in [2.45, 2.75) is 49.9 Å². The van der Waals surface area contributed by atoms with Gasteiger partial charge in [-0.15, -0.1) is 0 Å². The molecular formula is C23H32N4O7S2. The summed E-state index contributed by atoms with van der Waals surface area (Å²) in [6.45, 7) is 2.61. The third kappa shape index (κ3) is 7.31. The third-order valence-corrected chi connectivity index (χ3v) is 8.32. The number of ether oxygens (including phenoxy) is 2. The van der Waals surface area contributed by atoms with Crippen molar-refractivity contribution in [1.29, 1.82) is 0 Å². The van der Waals surface area contributed by atoms with Gasteiger partial charge in [0, 0.05) is 45.5 Å². The maximum absolute atomic E-state index is 13.2. The van der Waals surface area contributed by atoms with Gasteiger partial charge in [-0.2, -0.15) is 4.31 Å². The Kier molecular flexibility index (Phi) is 10.3. The predicted octanol–water partition coefficient (Wildman–Crippen LogP) is 2.22. The van der Waals surface area contributed by atoms with Crippen molar-refractivity contribution in [1.82, 2.24) is 9.29 Å². The zero-order chi connectivity index (χ0) is 26.1. The highest BCUT2D eigenvalue weighted by molar-refractivity contribution is 7.89. The molecule has 36 heavy (non-hydrogen) atoms. The fourth-order valence-electron chi connectivity index (χ4n) is 3.69. The number of anilines is 1. The molecule has 3 rings (SSSR count). The molecule has 1 aromatic heterocycles. The smallest absolute Gasteiger partial charge is 0.280 e. The van der Waals surface area contributed by atoms with Gasteiger partial charge in [0.25, 0.3) is 5.91 Å². The molecule has 0 radical (unpaired) electrons. The normalized spacial score (nSPS) is 18.5. The summed E-state index contributed by atoms with van der Waals surface area (Å²) >= 11 is 1.28. The Morgan fingerprint density at radius 3 is 2.67 bits per heavy atom. The van der Waals surface area contributed by atoms with E-state index in [9.17, 15) is 13.2 Å². The summed E-state index contributed by atoms with van der Waals surface area (Å²) in [6, 6.07) is 5.78. The van der Waals surface area contributed by atoms with E-state index in [2.05, 4.69) is 15.5 Å². The molecule has 1 aliphatic rings. The minimum absolute atomic E-state index is 0.00832. The number of carbonyl (C=O) groups is 1. The van der Waals surface area contributed by atoms with E-state index in [4.69, 9.17) is 19.4 Å². The topological polar surface area (TPSA) is 140 Å². The minimum Gasteiger partial charge on any atom is -0.395 e. The van der Waals surface area contributed by atoms with E-state index in [1.165, 1.54) is 42.6 Å². The third-order valence-electron chi connectivity index (χ3n) is 5.56. The monoisotopic (exact) mass is 540 g/mol. The molecular weight excluding hydrogens is 508 g/mol. The lowest BCUT2D eigenvalue weighted by Gasteiger charge is -2.16.